The molecule has 0 aliphatic rings. The quantitative estimate of drug-likeness (QED) is 0.732. The second-order valence-electron chi connectivity index (χ2n) is 7.06. The number of rotatable bonds is 7. The molecule has 116 valence electrons. The van der Waals surface area contributed by atoms with Gasteiger partial charge < -0.3 is 9.73 Å². The Balaban J connectivity index is 2.15. The minimum atomic E-state index is 0.221. The van der Waals surface area contributed by atoms with Gasteiger partial charge in [-0.05, 0) is 60.5 Å². The molecule has 0 atom stereocenters. The molecular weight excluding hydrogens is 258 g/mol. The Labute approximate surface area is 128 Å². The maximum absolute atomic E-state index is 5.70. The van der Waals surface area contributed by atoms with Crippen molar-refractivity contribution in [3.8, 4) is 0 Å². The van der Waals surface area contributed by atoms with Gasteiger partial charge in [-0.1, -0.05) is 40.7 Å². The van der Waals surface area contributed by atoms with Gasteiger partial charge >= 0.3 is 0 Å². The summed E-state index contributed by atoms with van der Waals surface area (Å²) in [7, 11) is 0. The summed E-state index contributed by atoms with van der Waals surface area (Å²) >= 11 is 0. The Morgan fingerprint density at radius 1 is 1.24 bits per heavy atom. The molecule has 21 heavy (non-hydrogen) atoms. The lowest BCUT2D eigenvalue weighted by Gasteiger charge is -2.23. The first-order valence-corrected chi connectivity index (χ1v) is 8.15. The number of hydrogen-bond donors (Lipinski definition) is 1. The Morgan fingerprint density at radius 2 is 2.00 bits per heavy atom. The zero-order valence-electron chi connectivity index (χ0n) is 14.1. The number of benzene rings is 1. The van der Waals surface area contributed by atoms with Crippen molar-refractivity contribution in [2.24, 2.45) is 5.92 Å². The third-order valence-electron chi connectivity index (χ3n) is 4.44. The van der Waals surface area contributed by atoms with Crippen LogP contribution in [0.1, 0.15) is 52.2 Å². The molecule has 1 N–H and O–H groups in total. The van der Waals surface area contributed by atoms with Gasteiger partial charge in [0, 0.05) is 5.39 Å². The number of furan rings is 1. The second kappa shape index (κ2) is 6.65. The summed E-state index contributed by atoms with van der Waals surface area (Å²) in [6, 6.07) is 6.64. The van der Waals surface area contributed by atoms with Gasteiger partial charge in [0.1, 0.15) is 5.58 Å². The van der Waals surface area contributed by atoms with Crippen LogP contribution in [-0.4, -0.2) is 13.1 Å². The van der Waals surface area contributed by atoms with Crippen LogP contribution in [-0.2, 0) is 11.8 Å². The highest BCUT2D eigenvalue weighted by molar-refractivity contribution is 5.82. The Kier molecular flexibility index (Phi) is 5.10. The third-order valence-corrected chi connectivity index (χ3v) is 4.44. The van der Waals surface area contributed by atoms with Crippen LogP contribution >= 0.6 is 0 Å². The van der Waals surface area contributed by atoms with E-state index in [1.54, 1.807) is 0 Å². The van der Waals surface area contributed by atoms with Gasteiger partial charge in [-0.3, -0.25) is 0 Å². The highest BCUT2D eigenvalue weighted by atomic mass is 16.3. The predicted octanol–water partition coefficient (Wildman–Crippen LogP) is 4.91. The summed E-state index contributed by atoms with van der Waals surface area (Å²) in [6.45, 7) is 13.4. The molecule has 0 bridgehead atoms. The average molecular weight is 287 g/mol. The highest BCUT2D eigenvalue weighted by Gasteiger charge is 2.19. The molecule has 0 fully saturated rings. The monoisotopic (exact) mass is 287 g/mol. The Morgan fingerprint density at radius 3 is 2.67 bits per heavy atom. The van der Waals surface area contributed by atoms with Gasteiger partial charge in [0.05, 0.1) is 6.26 Å². The molecule has 2 heteroatoms. The van der Waals surface area contributed by atoms with Gasteiger partial charge in [0.25, 0.3) is 0 Å². The van der Waals surface area contributed by atoms with E-state index in [1.165, 1.54) is 16.5 Å². The zero-order valence-corrected chi connectivity index (χ0v) is 14.1. The van der Waals surface area contributed by atoms with E-state index < -0.39 is 0 Å². The SMILES string of the molecule is CCC(C)(C)c1ccc2occ(CCNCC(C)C)c2c1. The molecule has 2 aromatic rings. The van der Waals surface area contributed by atoms with Crippen LogP contribution in [0.3, 0.4) is 0 Å². The van der Waals surface area contributed by atoms with Crippen molar-refractivity contribution in [3.63, 3.8) is 0 Å². The van der Waals surface area contributed by atoms with E-state index in [2.05, 4.69) is 58.1 Å². The van der Waals surface area contributed by atoms with Crippen molar-refractivity contribution in [1.29, 1.82) is 0 Å². The second-order valence-corrected chi connectivity index (χ2v) is 7.06. The van der Waals surface area contributed by atoms with Crippen LogP contribution in [0.4, 0.5) is 0 Å². The lowest BCUT2D eigenvalue weighted by molar-refractivity contribution is 0.506. The standard InChI is InChI=1S/C19H29NO/c1-6-19(4,5)16-7-8-18-17(11-16)15(13-21-18)9-10-20-12-14(2)3/h7-8,11,13-14,20H,6,9-10,12H2,1-5H3. The molecule has 0 saturated carbocycles. The van der Waals surface area contributed by atoms with Gasteiger partial charge in [0.2, 0.25) is 0 Å². The summed E-state index contributed by atoms with van der Waals surface area (Å²) in [5, 5.41) is 4.78. The van der Waals surface area contributed by atoms with E-state index in [-0.39, 0.29) is 5.41 Å². The topological polar surface area (TPSA) is 25.2 Å². The zero-order chi connectivity index (χ0) is 15.5. The maximum Gasteiger partial charge on any atom is 0.134 e. The summed E-state index contributed by atoms with van der Waals surface area (Å²) in [5.41, 5.74) is 3.94. The molecule has 1 heterocycles. The number of nitrogens with one attached hydrogen (secondary N) is 1. The van der Waals surface area contributed by atoms with Gasteiger partial charge in [0.15, 0.2) is 0 Å². The minimum Gasteiger partial charge on any atom is -0.464 e. The summed E-state index contributed by atoms with van der Waals surface area (Å²) in [5.74, 6) is 0.697. The van der Waals surface area contributed by atoms with E-state index >= 15 is 0 Å². The fourth-order valence-corrected chi connectivity index (χ4v) is 2.51. The molecule has 0 amide bonds. The smallest absolute Gasteiger partial charge is 0.134 e. The van der Waals surface area contributed by atoms with Crippen molar-refractivity contribution in [1.82, 2.24) is 5.32 Å². The molecule has 0 aliphatic heterocycles. The van der Waals surface area contributed by atoms with Crippen LogP contribution in [0.15, 0.2) is 28.9 Å². The van der Waals surface area contributed by atoms with Crippen molar-refractivity contribution in [3.05, 3.63) is 35.6 Å². The first-order chi connectivity index (χ1) is 9.94. The third kappa shape index (κ3) is 3.88. The molecular formula is C19H29NO. The molecule has 0 unspecified atom stereocenters. The molecule has 0 aliphatic carbocycles. The molecule has 1 aromatic carbocycles. The van der Waals surface area contributed by atoms with Crippen molar-refractivity contribution in [2.45, 2.75) is 52.9 Å². The summed E-state index contributed by atoms with van der Waals surface area (Å²) < 4.78 is 5.70. The van der Waals surface area contributed by atoms with Crippen LogP contribution < -0.4 is 5.32 Å². The predicted molar refractivity (Wildman–Crippen MR) is 90.9 cm³/mol. The molecule has 0 saturated heterocycles. The van der Waals surface area contributed by atoms with E-state index in [4.69, 9.17) is 4.42 Å². The maximum atomic E-state index is 5.70. The van der Waals surface area contributed by atoms with E-state index in [0.29, 0.717) is 5.92 Å². The van der Waals surface area contributed by atoms with Crippen LogP contribution in [0.25, 0.3) is 11.0 Å². The van der Waals surface area contributed by atoms with Crippen LogP contribution in [0.2, 0.25) is 0 Å². The molecule has 0 radical (unpaired) electrons. The Hall–Kier alpha value is -1.28. The van der Waals surface area contributed by atoms with Crippen LogP contribution in [0, 0.1) is 5.92 Å². The fourth-order valence-electron chi connectivity index (χ4n) is 2.51. The Bertz CT molecular complexity index is 580. The molecule has 0 spiro atoms. The number of fused-ring (bicyclic) bond motifs is 1. The molecule has 1 aromatic heterocycles. The number of hydrogen-bond acceptors (Lipinski definition) is 2. The normalized spacial score (nSPS) is 12.5. The lowest BCUT2D eigenvalue weighted by Crippen LogP contribution is -2.22. The van der Waals surface area contributed by atoms with Gasteiger partial charge in [-0.2, -0.15) is 0 Å². The lowest BCUT2D eigenvalue weighted by atomic mass is 9.82. The van der Waals surface area contributed by atoms with Crippen molar-refractivity contribution < 1.29 is 4.42 Å². The van der Waals surface area contributed by atoms with Gasteiger partial charge in [-0.15, -0.1) is 0 Å². The molecule has 2 nitrogen and oxygen atoms in total. The molecule has 2 rings (SSSR count). The fraction of sp³-hybridized carbons (Fsp3) is 0.579. The summed E-state index contributed by atoms with van der Waals surface area (Å²) in [6.07, 6.45) is 4.09. The average Bonchev–Trinajstić information content (AvgIpc) is 2.85. The van der Waals surface area contributed by atoms with Crippen molar-refractivity contribution >= 4 is 11.0 Å². The van der Waals surface area contributed by atoms with Crippen molar-refractivity contribution in [2.75, 3.05) is 13.1 Å². The van der Waals surface area contributed by atoms with Crippen LogP contribution in [0.5, 0.6) is 0 Å². The first-order valence-electron chi connectivity index (χ1n) is 8.15. The van der Waals surface area contributed by atoms with E-state index in [1.807, 2.05) is 6.26 Å². The first kappa shape index (κ1) is 16.1. The largest absolute Gasteiger partial charge is 0.464 e. The van der Waals surface area contributed by atoms with Gasteiger partial charge in [-0.25, -0.2) is 0 Å². The summed E-state index contributed by atoms with van der Waals surface area (Å²) in [4.78, 5) is 0. The van der Waals surface area contributed by atoms with E-state index in [9.17, 15) is 0 Å². The highest BCUT2D eigenvalue weighted by Crippen LogP contribution is 2.31. The minimum absolute atomic E-state index is 0.221. The van der Waals surface area contributed by atoms with E-state index in [0.717, 1.165) is 31.5 Å².